The molecule has 0 saturated carbocycles. The molecule has 0 bridgehead atoms. The second-order valence-corrected chi connectivity index (χ2v) is 20.1. The molecule has 0 aliphatic rings. The minimum atomic E-state index is -5.22. The number of nitrogens with zero attached hydrogens (tertiary/aromatic N) is 5. The highest BCUT2D eigenvalue weighted by molar-refractivity contribution is 7.94. The third-order valence-electron chi connectivity index (χ3n) is 8.11. The average molecular weight is 1010 g/mol. The van der Waals surface area contributed by atoms with Crippen LogP contribution in [0.5, 0.6) is 5.75 Å². The first kappa shape index (κ1) is 47.4. The van der Waals surface area contributed by atoms with Crippen LogP contribution >= 0.6 is 23.6 Å². The van der Waals surface area contributed by atoms with Crippen LogP contribution in [-0.2, 0) is 65.1 Å². The van der Waals surface area contributed by atoms with Crippen LogP contribution in [0.2, 0.25) is 5.28 Å². The molecule has 6 aromatic rings. The van der Waals surface area contributed by atoms with Crippen molar-refractivity contribution in [3.8, 4) is 5.75 Å². The van der Waals surface area contributed by atoms with Crippen molar-refractivity contribution >= 4 is 131 Å². The SMILES string of the molecule is O=S(O)c1cc(Nc2nc(Cl)nc(Nc3cccc(S(=O)(=O)CCOS(=O)(=O)O)c3)n2)c2c(O)c(N=Nc3ccc4c(S(=O)(=O)O)cccc4c3S(=O)(=O)O)c(SOOO)cc2c1. The van der Waals surface area contributed by atoms with Gasteiger partial charge in [-0.1, -0.05) is 29.3 Å². The van der Waals surface area contributed by atoms with Gasteiger partial charge in [-0.2, -0.15) is 40.2 Å². The highest BCUT2D eigenvalue weighted by Crippen LogP contribution is 2.48. The number of azo groups is 1. The lowest BCUT2D eigenvalue weighted by atomic mass is 10.1. The quantitative estimate of drug-likeness (QED) is 0.0139. The number of fused-ring (bicyclic) bond motifs is 2. The van der Waals surface area contributed by atoms with Crippen LogP contribution in [0.25, 0.3) is 21.5 Å². The molecule has 1 atom stereocenters. The summed E-state index contributed by atoms with van der Waals surface area (Å²) in [5, 5.41) is 36.2. The second-order valence-electron chi connectivity index (χ2n) is 12.1. The summed E-state index contributed by atoms with van der Waals surface area (Å²) < 4.78 is 156. The summed E-state index contributed by atoms with van der Waals surface area (Å²) in [7, 11) is -19.2. The Labute approximate surface area is 365 Å². The Balaban J connectivity index is 1.44. The summed E-state index contributed by atoms with van der Waals surface area (Å²) in [5.41, 5.74) is -1.30. The monoisotopic (exact) mass is 1010 g/mol. The number of phenols is 1. The molecule has 1 aromatic heterocycles. The fraction of sp³-hybridized carbons (Fsp3) is 0.0645. The van der Waals surface area contributed by atoms with E-state index in [1.54, 1.807) is 0 Å². The van der Waals surface area contributed by atoms with E-state index < -0.39 is 101 Å². The number of halogens is 1. The van der Waals surface area contributed by atoms with Crippen LogP contribution in [0.4, 0.5) is 34.6 Å². The normalized spacial score (nSPS) is 13.2. The van der Waals surface area contributed by atoms with Gasteiger partial charge in [-0.25, -0.2) is 22.1 Å². The molecule has 0 aliphatic heterocycles. The van der Waals surface area contributed by atoms with Gasteiger partial charge in [-0.3, -0.25) is 13.7 Å². The van der Waals surface area contributed by atoms with Crippen molar-refractivity contribution in [3.63, 3.8) is 0 Å². The number of hydrogen-bond acceptors (Lipinski definition) is 22. The lowest BCUT2D eigenvalue weighted by Crippen LogP contribution is -2.15. The highest BCUT2D eigenvalue weighted by Gasteiger charge is 2.25. The summed E-state index contributed by atoms with van der Waals surface area (Å²) in [4.78, 5) is 9.64. The molecule has 0 aliphatic carbocycles. The van der Waals surface area contributed by atoms with E-state index in [2.05, 4.69) is 49.4 Å². The first-order chi connectivity index (χ1) is 29.4. The summed E-state index contributed by atoms with van der Waals surface area (Å²) >= 11 is 3.72. The van der Waals surface area contributed by atoms with E-state index in [9.17, 15) is 56.6 Å². The molecule has 0 fully saturated rings. The lowest BCUT2D eigenvalue weighted by molar-refractivity contribution is -0.432. The number of aromatic nitrogens is 3. The second kappa shape index (κ2) is 18.6. The molecule has 334 valence electrons. The first-order valence-electron chi connectivity index (χ1n) is 16.4. The average Bonchev–Trinajstić information content (AvgIpc) is 3.17. The maximum Gasteiger partial charge on any atom is 0.397 e. The molecule has 0 spiro atoms. The minimum absolute atomic E-state index is 0.0292. The smallest absolute Gasteiger partial charge is 0.397 e. The minimum Gasteiger partial charge on any atom is -0.505 e. The number of benzene rings is 5. The lowest BCUT2D eigenvalue weighted by Gasteiger charge is -2.15. The zero-order valence-electron chi connectivity index (χ0n) is 30.5. The van der Waals surface area contributed by atoms with E-state index in [-0.39, 0.29) is 66.2 Å². The van der Waals surface area contributed by atoms with Gasteiger partial charge in [0.05, 0.1) is 44.8 Å². The van der Waals surface area contributed by atoms with Crippen molar-refractivity contribution in [1.82, 2.24) is 15.0 Å². The van der Waals surface area contributed by atoms with Gasteiger partial charge in [-0.15, -0.1) is 14.6 Å². The van der Waals surface area contributed by atoms with Crippen LogP contribution in [0.1, 0.15) is 0 Å². The summed E-state index contributed by atoms with van der Waals surface area (Å²) in [6.45, 7) is -0.885. The van der Waals surface area contributed by atoms with Gasteiger partial charge in [-0.05, 0) is 65.5 Å². The topological polar surface area (TPSA) is 390 Å². The van der Waals surface area contributed by atoms with Gasteiger partial charge >= 0.3 is 10.4 Å². The zero-order valence-corrected chi connectivity index (χ0v) is 36.1. The molecule has 32 heteroatoms. The number of rotatable bonds is 17. The molecule has 6 rings (SSSR count). The maximum absolute atomic E-state index is 12.8. The van der Waals surface area contributed by atoms with Crippen LogP contribution in [0.15, 0.2) is 108 Å². The van der Waals surface area contributed by atoms with Crippen molar-refractivity contribution in [2.75, 3.05) is 23.0 Å². The van der Waals surface area contributed by atoms with Gasteiger partial charge in [0, 0.05) is 21.8 Å². The Morgan fingerprint density at radius 3 is 2.16 bits per heavy atom. The van der Waals surface area contributed by atoms with Crippen LogP contribution in [0.3, 0.4) is 0 Å². The highest BCUT2D eigenvalue weighted by atomic mass is 35.5. The molecular formula is C31H24ClN7O18S6. The Kier molecular flexibility index (Phi) is 14.0. The summed E-state index contributed by atoms with van der Waals surface area (Å²) in [6, 6.07) is 13.6. The molecule has 0 saturated heterocycles. The van der Waals surface area contributed by atoms with Crippen molar-refractivity contribution in [1.29, 1.82) is 0 Å². The molecule has 8 N–H and O–H groups in total. The van der Waals surface area contributed by atoms with Crippen molar-refractivity contribution in [3.05, 3.63) is 78.1 Å². The third-order valence-corrected chi connectivity index (χ3v) is 13.5. The first-order valence-corrected chi connectivity index (χ1v) is 24.5. The van der Waals surface area contributed by atoms with Gasteiger partial charge in [0.1, 0.15) is 21.2 Å². The van der Waals surface area contributed by atoms with Gasteiger partial charge in [0.25, 0.3) is 20.2 Å². The van der Waals surface area contributed by atoms with Crippen molar-refractivity contribution < 1.29 is 80.0 Å². The number of hydrogen-bond donors (Lipinski definition) is 8. The molecule has 63 heavy (non-hydrogen) atoms. The molecule has 0 amide bonds. The number of nitrogens with one attached hydrogen (secondary N) is 2. The summed E-state index contributed by atoms with van der Waals surface area (Å²) in [6.07, 6.45) is 0. The van der Waals surface area contributed by atoms with E-state index in [4.69, 9.17) is 21.4 Å². The molecule has 25 nitrogen and oxygen atoms in total. The van der Waals surface area contributed by atoms with E-state index in [1.807, 2.05) is 0 Å². The van der Waals surface area contributed by atoms with Crippen molar-refractivity contribution in [2.45, 2.75) is 24.5 Å². The van der Waals surface area contributed by atoms with Crippen molar-refractivity contribution in [2.24, 2.45) is 10.2 Å². The fourth-order valence-electron chi connectivity index (χ4n) is 5.69. The van der Waals surface area contributed by atoms with E-state index in [0.717, 1.165) is 48.5 Å². The van der Waals surface area contributed by atoms with Crippen LogP contribution in [-0.4, -0.2) is 93.8 Å². The molecule has 5 aromatic carbocycles. The Hall–Kier alpha value is -5.10. The fourth-order valence-corrected chi connectivity index (χ4v) is 9.85. The molecular weight excluding hydrogens is 986 g/mol. The van der Waals surface area contributed by atoms with E-state index in [0.29, 0.717) is 0 Å². The van der Waals surface area contributed by atoms with Gasteiger partial charge in [0.2, 0.25) is 17.2 Å². The Morgan fingerprint density at radius 1 is 0.810 bits per heavy atom. The maximum atomic E-state index is 12.8. The largest absolute Gasteiger partial charge is 0.505 e. The standard InChI is InChI=1S/C31H24ClN7O18S6/c32-29-35-30(33-16-3-1-4-18(13-16)60(44,45)10-9-55-63(52,53)54)37-31(36-29)34-22-14-17(59(42)43)11-15-12-23(58-57-56-41)26(27(40)25(15)22)39-38-21-8-7-19-20(28(21)62(49,50)51)5-2-6-24(19)61(46,47)48/h1-8,11-14,40-41H,9-10H2,(H,42,43)(H,46,47,48)(H,49,50,51)(H,52,53,54)(H2,33,34,35,36,37). The number of phenolic OH excluding ortho intramolecular Hbond substituents is 1. The van der Waals surface area contributed by atoms with Gasteiger partial charge < -0.3 is 20.3 Å². The predicted molar refractivity (Wildman–Crippen MR) is 220 cm³/mol. The van der Waals surface area contributed by atoms with Crippen LogP contribution < -0.4 is 10.6 Å². The predicted octanol–water partition coefficient (Wildman–Crippen LogP) is 5.54. The van der Waals surface area contributed by atoms with Crippen LogP contribution in [0, 0.1) is 0 Å². The number of anilines is 4. The van der Waals surface area contributed by atoms with Gasteiger partial charge in [0.15, 0.2) is 26.7 Å². The molecule has 1 heterocycles. The third kappa shape index (κ3) is 11.4. The number of aromatic hydroxyl groups is 1. The van der Waals surface area contributed by atoms with E-state index in [1.165, 1.54) is 24.3 Å². The Morgan fingerprint density at radius 2 is 1.51 bits per heavy atom. The zero-order chi connectivity index (χ0) is 46.1. The molecule has 1 unspecified atom stereocenters. The number of sulfone groups is 1. The Bertz CT molecular complexity index is 3330. The van der Waals surface area contributed by atoms with E-state index >= 15 is 0 Å². The summed E-state index contributed by atoms with van der Waals surface area (Å²) in [5.74, 6) is -2.33. The molecule has 0 radical (unpaired) electrons.